The first-order valence-corrected chi connectivity index (χ1v) is 20.2. The van der Waals surface area contributed by atoms with Gasteiger partial charge in [-0.3, -0.25) is 4.90 Å². The summed E-state index contributed by atoms with van der Waals surface area (Å²) in [4.78, 5) is 21.4. The van der Waals surface area contributed by atoms with Gasteiger partial charge >= 0.3 is 6.09 Å². The van der Waals surface area contributed by atoms with E-state index in [2.05, 4.69) is 48.7 Å². The molecule has 0 aromatic heterocycles. The zero-order valence-electron chi connectivity index (χ0n) is 32.9. The van der Waals surface area contributed by atoms with Crippen LogP contribution in [0.15, 0.2) is 103 Å². The molecule has 3 aliphatic rings. The highest BCUT2D eigenvalue weighted by Crippen LogP contribution is 2.62. The largest absolute Gasteiger partial charge is 0.459 e. The maximum absolute atomic E-state index is 14.1. The Kier molecular flexibility index (Phi) is 14.3. The number of hydrogen-bond acceptors (Lipinski definition) is 9. The number of rotatable bonds is 20. The molecule has 0 saturated heterocycles. The van der Waals surface area contributed by atoms with Gasteiger partial charge in [0.05, 0.1) is 24.8 Å². The van der Waals surface area contributed by atoms with Crippen molar-refractivity contribution in [2.24, 2.45) is 22.9 Å². The summed E-state index contributed by atoms with van der Waals surface area (Å²) in [6.45, 7) is 10.9. The number of hydrogen-bond donors (Lipinski definition) is 2. The highest BCUT2D eigenvalue weighted by molar-refractivity contribution is 6.03. The summed E-state index contributed by atoms with van der Waals surface area (Å²) in [6.07, 6.45) is 11.6. The fourth-order valence-electron chi connectivity index (χ4n) is 9.12. The molecule has 1 amide bonds. The van der Waals surface area contributed by atoms with Crippen LogP contribution < -0.4 is 9.47 Å². The first kappa shape index (κ1) is 41.0. The van der Waals surface area contributed by atoms with Crippen LogP contribution in [-0.2, 0) is 14.3 Å². The van der Waals surface area contributed by atoms with E-state index in [9.17, 15) is 15.0 Å². The molecule has 300 valence electrons. The molecule has 56 heavy (non-hydrogen) atoms. The smallest absolute Gasteiger partial charge is 0.410 e. The van der Waals surface area contributed by atoms with Gasteiger partial charge in [0.2, 0.25) is 5.79 Å². The summed E-state index contributed by atoms with van der Waals surface area (Å²) in [5, 5.41) is 26.6. The molecule has 1 saturated carbocycles. The van der Waals surface area contributed by atoms with E-state index in [1.165, 1.54) is 0 Å². The Hall–Kier alpha value is -4.64. The van der Waals surface area contributed by atoms with Gasteiger partial charge in [0.25, 0.3) is 0 Å². The molecule has 6 rings (SSSR count). The van der Waals surface area contributed by atoms with Gasteiger partial charge < -0.3 is 34.0 Å². The van der Waals surface area contributed by atoms with Crippen LogP contribution in [0.3, 0.4) is 0 Å². The van der Waals surface area contributed by atoms with Gasteiger partial charge in [-0.05, 0) is 97.0 Å². The average molecular weight is 767 g/mol. The van der Waals surface area contributed by atoms with Gasteiger partial charge in [-0.2, -0.15) is 0 Å². The second-order valence-corrected chi connectivity index (χ2v) is 15.0. The summed E-state index contributed by atoms with van der Waals surface area (Å²) >= 11 is 0. The third-order valence-corrected chi connectivity index (χ3v) is 11.4. The summed E-state index contributed by atoms with van der Waals surface area (Å²) in [6, 6.07) is 19.7. The lowest BCUT2D eigenvalue weighted by molar-refractivity contribution is -0.255. The quantitative estimate of drug-likeness (QED) is 0.0664. The van der Waals surface area contributed by atoms with Crippen LogP contribution in [0.5, 0.6) is 17.2 Å². The molecule has 10 heteroatoms. The summed E-state index contributed by atoms with van der Waals surface area (Å²) in [5.41, 5.74) is 2.71. The molecule has 0 radical (unpaired) electrons. The molecule has 2 N–H and O–H groups in total. The fourth-order valence-corrected chi connectivity index (χ4v) is 9.12. The predicted molar refractivity (Wildman–Crippen MR) is 219 cm³/mol. The van der Waals surface area contributed by atoms with Crippen molar-refractivity contribution >= 4 is 22.6 Å². The molecule has 3 aromatic rings. The predicted octanol–water partition coefficient (Wildman–Crippen LogP) is 9.32. The number of allylic oxidation sites excluding steroid dienone is 1. The van der Waals surface area contributed by atoms with E-state index in [4.69, 9.17) is 23.8 Å². The molecular weight excluding hydrogens is 709 g/mol. The van der Waals surface area contributed by atoms with Gasteiger partial charge in [0.15, 0.2) is 0 Å². The monoisotopic (exact) mass is 766 g/mol. The minimum Gasteiger partial charge on any atom is -0.459 e. The van der Waals surface area contributed by atoms with Crippen molar-refractivity contribution in [1.82, 2.24) is 4.90 Å². The molecule has 1 aliphatic heterocycles. The Morgan fingerprint density at radius 2 is 1.73 bits per heavy atom. The van der Waals surface area contributed by atoms with Crippen molar-refractivity contribution in [2.75, 3.05) is 40.1 Å². The second kappa shape index (κ2) is 19.5. The van der Waals surface area contributed by atoms with Crippen LogP contribution >= 0.6 is 0 Å². The molecule has 0 bridgehead atoms. The van der Waals surface area contributed by atoms with Gasteiger partial charge in [0, 0.05) is 37.7 Å². The maximum atomic E-state index is 14.1. The molecule has 0 spiro atoms. The lowest BCUT2D eigenvalue weighted by atomic mass is 9.55. The van der Waals surface area contributed by atoms with E-state index in [1.54, 1.807) is 24.2 Å². The van der Waals surface area contributed by atoms with Crippen molar-refractivity contribution < 1.29 is 38.8 Å². The Labute approximate surface area is 331 Å². The summed E-state index contributed by atoms with van der Waals surface area (Å²) < 4.78 is 26.7. The number of carbonyl (C=O) groups is 1. The Balaban J connectivity index is 1.55. The number of benzene rings is 3. The lowest BCUT2D eigenvalue weighted by Gasteiger charge is -2.59. The molecule has 3 aromatic carbocycles. The van der Waals surface area contributed by atoms with Gasteiger partial charge in [-0.1, -0.05) is 73.5 Å². The van der Waals surface area contributed by atoms with E-state index in [-0.39, 0.29) is 44.2 Å². The van der Waals surface area contributed by atoms with Crippen molar-refractivity contribution in [3.63, 3.8) is 0 Å². The highest BCUT2D eigenvalue weighted by atomic mass is 16.7. The van der Waals surface area contributed by atoms with E-state index < -0.39 is 23.8 Å². The Bertz CT molecular complexity index is 1870. The SMILES string of the molecule is C=CCCOC(=O)N(CCC)C1CC(=NOC)C2=CC(CCCCO)C(CCCCO)C3c4cc(Oc5ccc6ccccc6c5)ccc4OC1(OCC=C)C23. The van der Waals surface area contributed by atoms with E-state index in [0.29, 0.717) is 50.1 Å². The fraction of sp³-hybridized carbons (Fsp3) is 0.478. The van der Waals surface area contributed by atoms with Crippen molar-refractivity contribution in [3.8, 4) is 17.2 Å². The Morgan fingerprint density at radius 1 is 0.982 bits per heavy atom. The number of oxime groups is 1. The molecule has 6 unspecified atom stereocenters. The summed E-state index contributed by atoms with van der Waals surface area (Å²) in [5.74, 6) is 0.381. The first-order chi connectivity index (χ1) is 27.4. The minimum absolute atomic E-state index is 0.0981. The van der Waals surface area contributed by atoms with Gasteiger partial charge in [0.1, 0.15) is 30.4 Å². The number of amides is 1. The lowest BCUT2D eigenvalue weighted by Crippen LogP contribution is -2.70. The third kappa shape index (κ3) is 8.67. The summed E-state index contributed by atoms with van der Waals surface area (Å²) in [7, 11) is 1.55. The normalized spacial score (nSPS) is 24.3. The number of ether oxygens (including phenoxy) is 4. The number of unbranched alkanes of at least 4 members (excludes halogenated alkanes) is 2. The zero-order chi connectivity index (χ0) is 39.5. The van der Waals surface area contributed by atoms with Gasteiger partial charge in [-0.25, -0.2) is 4.79 Å². The van der Waals surface area contributed by atoms with Crippen molar-refractivity contribution in [3.05, 3.63) is 103 Å². The van der Waals surface area contributed by atoms with Crippen LogP contribution in [0.2, 0.25) is 0 Å². The van der Waals surface area contributed by atoms with Crippen LogP contribution in [0.1, 0.15) is 76.2 Å². The third-order valence-electron chi connectivity index (χ3n) is 11.4. The standard InChI is InChI=1S/C46H58N2O8/c1-5-8-27-53-45(51)48(23-6-2)42-31-40(47-52-4)38-29-34(17-11-13-24-49)37(18-12-14-25-50)43-39-30-36(55-35-20-19-32-15-9-10-16-33(32)28-35)21-22-41(39)56-46(42,44(38)43)54-26-7-3/h5,7,9-10,15-16,19-22,28-30,34,37,42-44,49-50H,1,3,6,8,11-14,17-18,23-27,31H2,2,4H3. The van der Waals surface area contributed by atoms with Crippen LogP contribution in [0.25, 0.3) is 10.8 Å². The molecule has 6 atom stereocenters. The van der Waals surface area contributed by atoms with Crippen LogP contribution in [0.4, 0.5) is 4.79 Å². The number of nitrogens with zero attached hydrogens (tertiary/aromatic N) is 2. The number of fused-ring (bicyclic) bond motifs is 3. The molecule has 10 nitrogen and oxygen atoms in total. The second-order valence-electron chi connectivity index (χ2n) is 15.0. The van der Waals surface area contributed by atoms with Gasteiger partial charge in [-0.15, -0.1) is 13.2 Å². The zero-order valence-corrected chi connectivity index (χ0v) is 32.9. The van der Waals surface area contributed by atoms with E-state index >= 15 is 0 Å². The molecule has 1 heterocycles. The van der Waals surface area contributed by atoms with Crippen LogP contribution in [-0.4, -0.2) is 78.8 Å². The molecular formula is C46H58N2O8. The number of aliphatic hydroxyl groups is 2. The number of carbonyl (C=O) groups excluding carboxylic acids is 1. The highest BCUT2D eigenvalue weighted by Gasteiger charge is 2.65. The first-order valence-electron chi connectivity index (χ1n) is 20.2. The van der Waals surface area contributed by atoms with E-state index in [1.807, 2.05) is 43.3 Å². The van der Waals surface area contributed by atoms with Crippen molar-refractivity contribution in [1.29, 1.82) is 0 Å². The maximum Gasteiger partial charge on any atom is 0.410 e. The van der Waals surface area contributed by atoms with E-state index in [0.717, 1.165) is 59.1 Å². The average Bonchev–Trinajstić information content (AvgIpc) is 3.21. The molecule has 1 fully saturated rings. The minimum atomic E-state index is -1.34. The Morgan fingerprint density at radius 3 is 2.46 bits per heavy atom. The molecule has 2 aliphatic carbocycles. The van der Waals surface area contributed by atoms with Crippen LogP contribution in [0, 0.1) is 17.8 Å². The number of aliphatic hydroxyl groups excluding tert-OH is 2. The topological polar surface area (TPSA) is 119 Å². The van der Waals surface area contributed by atoms with Crippen molar-refractivity contribution in [2.45, 2.75) is 82.5 Å².